The van der Waals surface area contributed by atoms with E-state index < -0.39 is 0 Å². The van der Waals surface area contributed by atoms with Gasteiger partial charge in [-0.25, -0.2) is 0 Å². The summed E-state index contributed by atoms with van der Waals surface area (Å²) in [7, 11) is 1.86. The molecule has 0 aliphatic carbocycles. The molecular weight excluding hydrogens is 364 g/mol. The third-order valence-electron chi connectivity index (χ3n) is 4.05. The van der Waals surface area contributed by atoms with Gasteiger partial charge in [-0.2, -0.15) is 0 Å². The van der Waals surface area contributed by atoms with Crippen molar-refractivity contribution in [3.05, 3.63) is 20.8 Å². The van der Waals surface area contributed by atoms with E-state index in [1.165, 1.54) is 4.88 Å². The zero-order valence-corrected chi connectivity index (χ0v) is 15.7. The number of amides is 2. The van der Waals surface area contributed by atoms with Crippen LogP contribution in [0.2, 0.25) is 0 Å². The van der Waals surface area contributed by atoms with Crippen LogP contribution < -0.4 is 0 Å². The monoisotopic (exact) mass is 386 g/mol. The van der Waals surface area contributed by atoms with Crippen LogP contribution in [0.4, 0.5) is 0 Å². The Kier molecular flexibility index (Phi) is 6.03. The highest BCUT2D eigenvalue weighted by atomic mass is 79.9. The Balaban J connectivity index is 1.85. The molecule has 1 fully saturated rings. The molecule has 0 unspecified atom stereocenters. The number of hydrogen-bond acceptors (Lipinski definition) is 3. The van der Waals surface area contributed by atoms with E-state index >= 15 is 0 Å². The fourth-order valence-electron chi connectivity index (χ4n) is 2.77. The number of nitrogens with zero attached hydrogens (tertiary/aromatic N) is 2. The molecule has 1 aliphatic rings. The molecule has 122 valence electrons. The summed E-state index contributed by atoms with van der Waals surface area (Å²) in [6.07, 6.45) is 1.55. The first kappa shape index (κ1) is 17.5. The zero-order valence-electron chi connectivity index (χ0n) is 13.3. The number of likely N-dealkylation sites (tertiary alicyclic amines) is 1. The fraction of sp³-hybridized carbons (Fsp3) is 0.625. The minimum absolute atomic E-state index is 0.0344. The van der Waals surface area contributed by atoms with Crippen LogP contribution in [0.3, 0.4) is 0 Å². The van der Waals surface area contributed by atoms with Crippen LogP contribution in [0.25, 0.3) is 0 Å². The van der Waals surface area contributed by atoms with Gasteiger partial charge in [-0.1, -0.05) is 13.8 Å². The van der Waals surface area contributed by atoms with Gasteiger partial charge in [-0.05, 0) is 40.9 Å². The Labute approximate surface area is 144 Å². The summed E-state index contributed by atoms with van der Waals surface area (Å²) >= 11 is 5.10. The standard InChI is InChI=1S/C16H23BrN2O2S/c1-11(2)15(20)19-8-6-12(7-9-19)16(21)18(3)10-13-4-5-14(17)22-13/h4-5,11-12H,6-10H2,1-3H3. The number of piperidine rings is 1. The highest BCUT2D eigenvalue weighted by Gasteiger charge is 2.29. The smallest absolute Gasteiger partial charge is 0.225 e. The van der Waals surface area contributed by atoms with Crippen molar-refractivity contribution in [2.24, 2.45) is 11.8 Å². The van der Waals surface area contributed by atoms with Gasteiger partial charge in [0.15, 0.2) is 0 Å². The second-order valence-corrected chi connectivity index (χ2v) is 8.70. The highest BCUT2D eigenvalue weighted by molar-refractivity contribution is 9.11. The van der Waals surface area contributed by atoms with Crippen LogP contribution in [0.15, 0.2) is 15.9 Å². The van der Waals surface area contributed by atoms with E-state index in [-0.39, 0.29) is 23.7 Å². The Morgan fingerprint density at radius 1 is 1.36 bits per heavy atom. The quantitative estimate of drug-likeness (QED) is 0.795. The maximum atomic E-state index is 12.5. The maximum absolute atomic E-state index is 12.5. The lowest BCUT2D eigenvalue weighted by molar-refractivity contribution is -0.141. The number of halogens is 1. The first-order chi connectivity index (χ1) is 10.4. The van der Waals surface area contributed by atoms with Crippen LogP contribution in [-0.4, -0.2) is 41.8 Å². The van der Waals surface area contributed by atoms with Gasteiger partial charge < -0.3 is 9.80 Å². The molecule has 1 aromatic heterocycles. The Morgan fingerprint density at radius 3 is 2.50 bits per heavy atom. The molecule has 0 saturated carbocycles. The molecule has 0 bridgehead atoms. The van der Waals surface area contributed by atoms with Crippen LogP contribution in [0.1, 0.15) is 31.6 Å². The fourth-order valence-corrected chi connectivity index (χ4v) is 4.31. The van der Waals surface area contributed by atoms with Crippen molar-refractivity contribution in [3.63, 3.8) is 0 Å². The highest BCUT2D eigenvalue weighted by Crippen LogP contribution is 2.25. The van der Waals surface area contributed by atoms with E-state index in [0.717, 1.165) is 16.6 Å². The summed E-state index contributed by atoms with van der Waals surface area (Å²) in [6.45, 7) is 5.90. The molecule has 1 aromatic rings. The summed E-state index contributed by atoms with van der Waals surface area (Å²) in [5.41, 5.74) is 0. The molecule has 22 heavy (non-hydrogen) atoms. The van der Waals surface area contributed by atoms with Crippen molar-refractivity contribution >= 4 is 39.1 Å². The van der Waals surface area contributed by atoms with Gasteiger partial charge in [0.1, 0.15) is 0 Å². The average Bonchev–Trinajstić information content (AvgIpc) is 2.90. The normalized spacial score (nSPS) is 16.1. The minimum Gasteiger partial charge on any atom is -0.342 e. The molecule has 0 spiro atoms. The third kappa shape index (κ3) is 4.32. The zero-order chi connectivity index (χ0) is 16.3. The van der Waals surface area contributed by atoms with Gasteiger partial charge in [0.25, 0.3) is 0 Å². The second-order valence-electron chi connectivity index (χ2n) is 6.15. The Bertz CT molecular complexity index is 536. The van der Waals surface area contributed by atoms with Crippen molar-refractivity contribution in [1.82, 2.24) is 9.80 Å². The predicted molar refractivity (Wildman–Crippen MR) is 92.6 cm³/mol. The van der Waals surface area contributed by atoms with Gasteiger partial charge in [0.2, 0.25) is 11.8 Å². The summed E-state index contributed by atoms with van der Waals surface area (Å²) in [5, 5.41) is 0. The van der Waals surface area contributed by atoms with E-state index in [0.29, 0.717) is 19.6 Å². The van der Waals surface area contributed by atoms with Crippen molar-refractivity contribution in [2.75, 3.05) is 20.1 Å². The lowest BCUT2D eigenvalue weighted by atomic mass is 9.94. The van der Waals surface area contributed by atoms with E-state index in [1.54, 1.807) is 11.3 Å². The molecule has 4 nitrogen and oxygen atoms in total. The van der Waals surface area contributed by atoms with Crippen LogP contribution in [0.5, 0.6) is 0 Å². The molecule has 2 rings (SSSR count). The van der Waals surface area contributed by atoms with Gasteiger partial charge >= 0.3 is 0 Å². The first-order valence-corrected chi connectivity index (χ1v) is 9.27. The van der Waals surface area contributed by atoms with Crippen molar-refractivity contribution < 1.29 is 9.59 Å². The maximum Gasteiger partial charge on any atom is 0.225 e. The second kappa shape index (κ2) is 7.59. The molecule has 0 atom stereocenters. The van der Waals surface area contributed by atoms with Gasteiger partial charge in [0.05, 0.1) is 10.3 Å². The molecule has 1 aliphatic heterocycles. The topological polar surface area (TPSA) is 40.6 Å². The van der Waals surface area contributed by atoms with Gasteiger partial charge in [-0.15, -0.1) is 11.3 Å². The molecule has 0 radical (unpaired) electrons. The Hall–Kier alpha value is -0.880. The lowest BCUT2D eigenvalue weighted by Gasteiger charge is -2.34. The number of hydrogen-bond donors (Lipinski definition) is 0. The predicted octanol–water partition coefficient (Wildman–Crippen LogP) is 3.36. The number of rotatable bonds is 4. The average molecular weight is 387 g/mol. The molecule has 2 amide bonds. The molecule has 0 aromatic carbocycles. The van der Waals surface area contributed by atoms with Gasteiger partial charge in [0, 0.05) is 36.9 Å². The van der Waals surface area contributed by atoms with Crippen LogP contribution in [-0.2, 0) is 16.1 Å². The van der Waals surface area contributed by atoms with Crippen molar-refractivity contribution in [2.45, 2.75) is 33.2 Å². The minimum atomic E-state index is 0.0344. The SMILES string of the molecule is CC(C)C(=O)N1CCC(C(=O)N(C)Cc2ccc(Br)s2)CC1. The third-order valence-corrected chi connectivity index (χ3v) is 5.66. The molecule has 0 N–H and O–H groups in total. The summed E-state index contributed by atoms with van der Waals surface area (Å²) in [6, 6.07) is 4.05. The van der Waals surface area contributed by atoms with E-state index in [4.69, 9.17) is 0 Å². The number of carbonyl (C=O) groups excluding carboxylic acids is 2. The number of carbonyl (C=O) groups is 2. The van der Waals surface area contributed by atoms with Crippen LogP contribution >= 0.6 is 27.3 Å². The largest absolute Gasteiger partial charge is 0.342 e. The summed E-state index contributed by atoms with van der Waals surface area (Å²) in [4.78, 5) is 29.4. The van der Waals surface area contributed by atoms with E-state index in [1.807, 2.05) is 42.8 Å². The van der Waals surface area contributed by atoms with E-state index in [9.17, 15) is 9.59 Å². The first-order valence-electron chi connectivity index (χ1n) is 7.66. The lowest BCUT2D eigenvalue weighted by Crippen LogP contribution is -2.44. The number of thiophene rings is 1. The summed E-state index contributed by atoms with van der Waals surface area (Å²) < 4.78 is 1.09. The van der Waals surface area contributed by atoms with Crippen molar-refractivity contribution in [3.8, 4) is 0 Å². The van der Waals surface area contributed by atoms with Crippen molar-refractivity contribution in [1.29, 1.82) is 0 Å². The molecule has 6 heteroatoms. The summed E-state index contributed by atoms with van der Waals surface area (Å²) in [5.74, 6) is 0.473. The van der Waals surface area contributed by atoms with Crippen LogP contribution in [0, 0.1) is 11.8 Å². The Morgan fingerprint density at radius 2 is 2.00 bits per heavy atom. The molecular formula is C16H23BrN2O2S. The van der Waals surface area contributed by atoms with Gasteiger partial charge in [-0.3, -0.25) is 9.59 Å². The van der Waals surface area contributed by atoms with E-state index in [2.05, 4.69) is 15.9 Å². The molecule has 1 saturated heterocycles. The molecule has 2 heterocycles.